The van der Waals surface area contributed by atoms with E-state index >= 15 is 0 Å². The van der Waals surface area contributed by atoms with Gasteiger partial charge in [0.25, 0.3) is 5.91 Å². The molecule has 1 aromatic carbocycles. The fourth-order valence-corrected chi connectivity index (χ4v) is 10.6. The highest BCUT2D eigenvalue weighted by atomic mass is 32.2. The molecule has 0 radical (unpaired) electrons. The van der Waals surface area contributed by atoms with E-state index in [9.17, 15) is 32.4 Å². The van der Waals surface area contributed by atoms with Gasteiger partial charge in [0.15, 0.2) is 0 Å². The van der Waals surface area contributed by atoms with E-state index in [2.05, 4.69) is 34.1 Å². The van der Waals surface area contributed by atoms with Gasteiger partial charge < -0.3 is 25.0 Å². The van der Waals surface area contributed by atoms with Crippen LogP contribution in [-0.2, 0) is 47.0 Å². The van der Waals surface area contributed by atoms with Gasteiger partial charge in [-0.3, -0.25) is 24.0 Å². The van der Waals surface area contributed by atoms with Gasteiger partial charge in [0, 0.05) is 24.8 Å². The lowest BCUT2D eigenvalue weighted by molar-refractivity contribution is -0.142. The van der Waals surface area contributed by atoms with Crippen molar-refractivity contribution in [2.45, 2.75) is 132 Å². The number of hydrogen-bond donors (Lipinski definition) is 3. The Balaban J connectivity index is 1.07. The number of nitrogens with zero attached hydrogens (tertiary/aromatic N) is 2. The molecular weight excluding hydrogens is 727 g/mol. The first-order chi connectivity index (χ1) is 26.3. The number of amides is 5. The summed E-state index contributed by atoms with van der Waals surface area (Å²) in [5, 5.41) is 5.03. The van der Waals surface area contributed by atoms with Crippen molar-refractivity contribution in [3.05, 3.63) is 53.6 Å². The van der Waals surface area contributed by atoms with E-state index in [4.69, 9.17) is 9.47 Å². The number of benzene rings is 1. The van der Waals surface area contributed by atoms with Crippen LogP contribution in [0.1, 0.15) is 101 Å². The second-order valence-corrected chi connectivity index (χ2v) is 18.8. The minimum absolute atomic E-state index is 0.0590. The summed E-state index contributed by atoms with van der Waals surface area (Å²) in [5.74, 6) is -2.55. The van der Waals surface area contributed by atoms with Crippen LogP contribution < -0.4 is 15.4 Å². The van der Waals surface area contributed by atoms with Gasteiger partial charge in [-0.25, -0.2) is 18.0 Å². The highest BCUT2D eigenvalue weighted by Gasteiger charge is 2.62. The van der Waals surface area contributed by atoms with E-state index in [1.807, 2.05) is 25.1 Å². The summed E-state index contributed by atoms with van der Waals surface area (Å²) in [7, 11) is -3.91. The molecule has 7 atom stereocenters. The van der Waals surface area contributed by atoms with Gasteiger partial charge in [0.2, 0.25) is 21.8 Å². The van der Waals surface area contributed by atoms with Crippen molar-refractivity contribution in [1.29, 1.82) is 0 Å². The summed E-state index contributed by atoms with van der Waals surface area (Å²) >= 11 is 0. The molecule has 55 heavy (non-hydrogen) atoms. The van der Waals surface area contributed by atoms with E-state index in [1.54, 1.807) is 4.90 Å². The number of ether oxygens (including phenoxy) is 2. The molecule has 5 fully saturated rings. The van der Waals surface area contributed by atoms with Crippen molar-refractivity contribution >= 4 is 46.0 Å². The van der Waals surface area contributed by atoms with Crippen LogP contribution in [0.3, 0.4) is 0 Å². The summed E-state index contributed by atoms with van der Waals surface area (Å²) in [6.45, 7) is 6.30. The zero-order valence-corrected chi connectivity index (χ0v) is 32.1. The van der Waals surface area contributed by atoms with Crippen LogP contribution >= 0.6 is 0 Å². The largest absolute Gasteiger partial charge is 0.444 e. The highest BCUT2D eigenvalue weighted by Crippen LogP contribution is 2.50. The molecule has 7 aliphatic rings. The number of allylic oxidation sites excluding steroid dienone is 1. The van der Waals surface area contributed by atoms with Gasteiger partial charge in [0.1, 0.15) is 29.3 Å². The van der Waals surface area contributed by atoms with Gasteiger partial charge in [-0.15, -0.1) is 6.58 Å². The van der Waals surface area contributed by atoms with Crippen molar-refractivity contribution in [2.24, 2.45) is 17.8 Å². The molecule has 8 rings (SSSR count). The Morgan fingerprint density at radius 3 is 2.55 bits per heavy atom. The fourth-order valence-electron chi connectivity index (χ4n) is 9.22. The third-order valence-corrected chi connectivity index (χ3v) is 14.8. The molecule has 3 heterocycles. The van der Waals surface area contributed by atoms with Crippen molar-refractivity contribution in [3.63, 3.8) is 0 Å². The number of carbonyl (C=O) groups is 5. The molecule has 1 aromatic rings. The smallest absolute Gasteiger partial charge is 0.410 e. The van der Waals surface area contributed by atoms with Crippen molar-refractivity contribution in [3.8, 4) is 0 Å². The summed E-state index contributed by atoms with van der Waals surface area (Å²) in [6, 6.07) is 3.82. The molecule has 296 valence electrons. The van der Waals surface area contributed by atoms with E-state index < -0.39 is 80.4 Å². The Morgan fingerprint density at radius 1 is 1.04 bits per heavy atom. The van der Waals surface area contributed by atoms with E-state index in [0.717, 1.165) is 55.2 Å². The number of alkyl carbamates (subject to hydrolysis) is 1. The highest BCUT2D eigenvalue weighted by molar-refractivity contribution is 7.91. The predicted octanol–water partition coefficient (Wildman–Crippen LogP) is 4.04. The lowest BCUT2D eigenvalue weighted by Gasteiger charge is -2.32. The zero-order valence-electron chi connectivity index (χ0n) is 31.3. The predicted molar refractivity (Wildman–Crippen MR) is 200 cm³/mol. The summed E-state index contributed by atoms with van der Waals surface area (Å²) in [6.07, 6.45) is 11.1. The second kappa shape index (κ2) is 14.3. The summed E-state index contributed by atoms with van der Waals surface area (Å²) < 4.78 is 39.6. The maximum Gasteiger partial charge on any atom is 0.410 e. The van der Waals surface area contributed by atoms with Gasteiger partial charge in [-0.1, -0.05) is 49.3 Å². The van der Waals surface area contributed by atoms with E-state index in [-0.39, 0.29) is 31.2 Å². The molecular formula is C40H51N5O9S. The standard InChI is InChI=1S/C40H51N5O9S/c1-3-27-20-40(27,36(48)43-55(51,52)30-16-17-30)42-34(46)32-18-29-22-45(32)35(47)33(25-11-7-8-12-25)41-37(49)54-39(2)19-28(39)15-6-4-5-10-24-13-9-14-26-21-44(23-31(24)26)38(50)53-29/h3,5,9-10,13-14,25,27-30,32-33H,1,4,6-8,11-12,15-23H2,2H3,(H,41,49)(H,42,46)(H,43,48)/b10-5+. The van der Waals surface area contributed by atoms with Crippen LogP contribution in [0.4, 0.5) is 9.59 Å². The molecule has 1 saturated heterocycles. The SMILES string of the molecule is C=CC1CC1(NC(=O)C1CC2CN1C(=O)C(C1CCCC1)NC(=O)OC1(C)CC1CCC/C=C/c1cccc3c1CN(C3)C(=O)O2)C(=O)NS(=O)(=O)C1CC1. The average molecular weight is 778 g/mol. The Kier molecular flexibility index (Phi) is 9.74. The van der Waals surface area contributed by atoms with Crippen molar-refractivity contribution < 1.29 is 41.9 Å². The number of hydrogen-bond acceptors (Lipinski definition) is 9. The molecule has 14 nitrogen and oxygen atoms in total. The summed E-state index contributed by atoms with van der Waals surface area (Å²) in [4.78, 5) is 72.7. The molecule has 4 saturated carbocycles. The van der Waals surface area contributed by atoms with Crippen LogP contribution in [0.5, 0.6) is 0 Å². The lowest BCUT2D eigenvalue weighted by Crippen LogP contribution is -2.59. The van der Waals surface area contributed by atoms with E-state index in [1.165, 1.54) is 11.0 Å². The van der Waals surface area contributed by atoms with Crippen LogP contribution in [-0.4, -0.2) is 89.2 Å². The molecule has 3 aliphatic heterocycles. The second-order valence-electron chi connectivity index (χ2n) is 16.9. The quantitative estimate of drug-likeness (QED) is 0.345. The first-order valence-electron chi connectivity index (χ1n) is 19.8. The molecule has 0 aromatic heterocycles. The minimum atomic E-state index is -3.91. The molecule has 5 amide bonds. The minimum Gasteiger partial charge on any atom is -0.444 e. The van der Waals surface area contributed by atoms with Gasteiger partial charge in [-0.05, 0) is 87.3 Å². The number of fused-ring (bicyclic) bond motifs is 4. The van der Waals surface area contributed by atoms with Gasteiger partial charge >= 0.3 is 12.2 Å². The molecule has 4 bridgehead atoms. The third-order valence-electron chi connectivity index (χ3n) is 13.0. The van der Waals surface area contributed by atoms with Crippen LogP contribution in [0.15, 0.2) is 36.9 Å². The molecule has 3 N–H and O–H groups in total. The summed E-state index contributed by atoms with van der Waals surface area (Å²) in [5.41, 5.74) is 0.897. The normalized spacial score (nSPS) is 34.3. The Morgan fingerprint density at radius 2 is 1.82 bits per heavy atom. The number of carbonyl (C=O) groups excluding carboxylic acids is 5. The monoisotopic (exact) mass is 777 g/mol. The average Bonchev–Trinajstić information content (AvgIpc) is 4.07. The lowest BCUT2D eigenvalue weighted by atomic mass is 9.96. The Bertz CT molecular complexity index is 1930. The molecule has 15 heteroatoms. The maximum absolute atomic E-state index is 14.7. The van der Waals surface area contributed by atoms with Crippen LogP contribution in [0.2, 0.25) is 0 Å². The topological polar surface area (TPSA) is 181 Å². The first kappa shape index (κ1) is 37.5. The van der Waals surface area contributed by atoms with Gasteiger partial charge in [0.05, 0.1) is 18.3 Å². The number of nitrogens with one attached hydrogen (secondary N) is 3. The number of rotatable bonds is 7. The maximum atomic E-state index is 14.7. The Hall–Kier alpha value is -4.40. The van der Waals surface area contributed by atoms with Crippen molar-refractivity contribution in [2.75, 3.05) is 6.54 Å². The first-order valence-corrected chi connectivity index (χ1v) is 21.4. The van der Waals surface area contributed by atoms with E-state index in [0.29, 0.717) is 38.8 Å². The zero-order chi connectivity index (χ0) is 38.7. The third kappa shape index (κ3) is 7.48. The fraction of sp³-hybridized carbons (Fsp3) is 0.625. The molecule has 7 unspecified atom stereocenters. The molecule has 0 spiro atoms. The van der Waals surface area contributed by atoms with Gasteiger partial charge in [-0.2, -0.15) is 0 Å². The van der Waals surface area contributed by atoms with Crippen LogP contribution in [0, 0.1) is 17.8 Å². The van der Waals surface area contributed by atoms with Crippen LogP contribution in [0.25, 0.3) is 6.08 Å². The van der Waals surface area contributed by atoms with Crippen molar-refractivity contribution in [1.82, 2.24) is 25.2 Å². The Labute approximate surface area is 321 Å². The molecule has 4 aliphatic carbocycles. The number of sulfonamides is 1.